The van der Waals surface area contributed by atoms with E-state index in [1.165, 1.54) is 11.1 Å². The number of ether oxygens (including phenoxy) is 1. The summed E-state index contributed by atoms with van der Waals surface area (Å²) in [5, 5.41) is 11.3. The Morgan fingerprint density at radius 1 is 1.35 bits per heavy atom. The molecule has 1 aromatic carbocycles. The summed E-state index contributed by atoms with van der Waals surface area (Å²) in [4.78, 5) is 12.8. The van der Waals surface area contributed by atoms with Crippen molar-refractivity contribution in [2.75, 3.05) is 6.61 Å². The van der Waals surface area contributed by atoms with Gasteiger partial charge in [0.2, 0.25) is 5.82 Å². The number of nitrogens with one attached hydrogen (secondary N) is 1. The van der Waals surface area contributed by atoms with Gasteiger partial charge in [0.1, 0.15) is 6.61 Å². The molecule has 1 atom stereocenters. The number of fused-ring (bicyclic) bond motifs is 2. The highest BCUT2D eigenvalue weighted by atomic mass is 16.5. The molecule has 0 fully saturated rings. The molecule has 1 aliphatic carbocycles. The van der Waals surface area contributed by atoms with E-state index in [1.54, 1.807) is 0 Å². The Hall–Kier alpha value is -2.21. The third-order valence-corrected chi connectivity index (χ3v) is 4.85. The fourth-order valence-corrected chi connectivity index (χ4v) is 3.64. The molecule has 1 amide bonds. The lowest BCUT2D eigenvalue weighted by atomic mass is 9.78. The number of rotatable bonds is 2. The second kappa shape index (κ2) is 5.45. The number of nitrogens with zero attached hydrogens (tertiary/aromatic N) is 3. The minimum absolute atomic E-state index is 0.162. The third kappa shape index (κ3) is 2.43. The highest BCUT2D eigenvalue weighted by Crippen LogP contribution is 2.35. The first kappa shape index (κ1) is 14.4. The molecule has 23 heavy (non-hydrogen) atoms. The molecular formula is C17H20N4O2. The van der Waals surface area contributed by atoms with Crippen LogP contribution >= 0.6 is 0 Å². The normalized spacial score (nSPS) is 23.0. The summed E-state index contributed by atoms with van der Waals surface area (Å²) < 4.78 is 7.21. The van der Waals surface area contributed by atoms with Crippen molar-refractivity contribution in [2.24, 2.45) is 0 Å². The van der Waals surface area contributed by atoms with Gasteiger partial charge in [0.05, 0.1) is 12.1 Å². The van der Waals surface area contributed by atoms with E-state index >= 15 is 0 Å². The molecule has 1 unspecified atom stereocenters. The fourth-order valence-electron chi connectivity index (χ4n) is 3.64. The van der Waals surface area contributed by atoms with Gasteiger partial charge >= 0.3 is 0 Å². The van der Waals surface area contributed by atoms with Crippen molar-refractivity contribution in [1.82, 2.24) is 20.1 Å². The summed E-state index contributed by atoms with van der Waals surface area (Å²) in [6.07, 6.45) is 3.07. The zero-order chi connectivity index (χ0) is 15.9. The minimum atomic E-state index is -0.358. The molecule has 2 heterocycles. The largest absolute Gasteiger partial charge is 0.372 e. The molecule has 6 heteroatoms. The summed E-state index contributed by atoms with van der Waals surface area (Å²) in [5.41, 5.74) is 2.17. The van der Waals surface area contributed by atoms with Crippen molar-refractivity contribution in [2.45, 2.75) is 44.9 Å². The van der Waals surface area contributed by atoms with Crippen LogP contribution in [0.25, 0.3) is 0 Å². The Labute approximate surface area is 134 Å². The van der Waals surface area contributed by atoms with Gasteiger partial charge in [-0.25, -0.2) is 0 Å². The Morgan fingerprint density at radius 3 is 3.13 bits per heavy atom. The monoisotopic (exact) mass is 312 g/mol. The highest BCUT2D eigenvalue weighted by Gasteiger charge is 2.35. The minimum Gasteiger partial charge on any atom is -0.372 e. The number of amides is 1. The molecule has 6 nitrogen and oxygen atoms in total. The molecule has 1 aromatic heterocycles. The molecule has 0 bridgehead atoms. The molecule has 0 saturated heterocycles. The predicted molar refractivity (Wildman–Crippen MR) is 83.9 cm³/mol. The number of carbonyl (C=O) groups excluding carboxylic acids is 1. The summed E-state index contributed by atoms with van der Waals surface area (Å²) in [6.45, 7) is 3.73. The van der Waals surface area contributed by atoms with Crippen molar-refractivity contribution < 1.29 is 9.53 Å². The lowest BCUT2D eigenvalue weighted by molar-refractivity contribution is 0.0763. The van der Waals surface area contributed by atoms with Crippen LogP contribution < -0.4 is 5.32 Å². The molecule has 2 aromatic rings. The second-order valence-corrected chi connectivity index (χ2v) is 6.44. The van der Waals surface area contributed by atoms with Crippen LogP contribution in [0.4, 0.5) is 0 Å². The molecule has 1 aliphatic heterocycles. The van der Waals surface area contributed by atoms with E-state index < -0.39 is 0 Å². The maximum Gasteiger partial charge on any atom is 0.289 e. The topological polar surface area (TPSA) is 69.0 Å². The van der Waals surface area contributed by atoms with Crippen LogP contribution in [-0.2, 0) is 29.8 Å². The summed E-state index contributed by atoms with van der Waals surface area (Å²) in [6, 6.07) is 8.35. The average Bonchev–Trinajstić information content (AvgIpc) is 2.99. The maximum absolute atomic E-state index is 12.8. The molecule has 0 spiro atoms. The van der Waals surface area contributed by atoms with Crippen LogP contribution in [-0.4, -0.2) is 27.3 Å². The lowest BCUT2D eigenvalue weighted by Gasteiger charge is -2.36. The first-order chi connectivity index (χ1) is 11.2. The average molecular weight is 312 g/mol. The number of aromatic nitrogens is 3. The molecule has 2 aliphatic rings. The van der Waals surface area contributed by atoms with Gasteiger partial charge < -0.3 is 14.6 Å². The fraction of sp³-hybridized carbons (Fsp3) is 0.471. The van der Waals surface area contributed by atoms with Gasteiger partial charge in [-0.2, -0.15) is 0 Å². The third-order valence-electron chi connectivity index (χ3n) is 4.85. The molecule has 0 radical (unpaired) electrons. The van der Waals surface area contributed by atoms with E-state index in [4.69, 9.17) is 4.74 Å². The van der Waals surface area contributed by atoms with Gasteiger partial charge in [-0.05, 0) is 37.3 Å². The Balaban J connectivity index is 1.63. The van der Waals surface area contributed by atoms with Crippen LogP contribution in [0, 0.1) is 0 Å². The predicted octanol–water partition coefficient (Wildman–Crippen LogP) is 1.79. The Morgan fingerprint density at radius 2 is 2.22 bits per heavy atom. The Bertz CT molecular complexity index is 755. The van der Waals surface area contributed by atoms with E-state index in [2.05, 4.69) is 40.6 Å². The first-order valence-electron chi connectivity index (χ1n) is 8.08. The van der Waals surface area contributed by atoms with Crippen molar-refractivity contribution in [3.05, 3.63) is 47.0 Å². The van der Waals surface area contributed by atoms with E-state index in [9.17, 15) is 4.79 Å². The summed E-state index contributed by atoms with van der Waals surface area (Å²) in [7, 11) is 0. The van der Waals surface area contributed by atoms with Crippen LogP contribution in [0.1, 0.15) is 47.3 Å². The molecular weight excluding hydrogens is 292 g/mol. The SMILES string of the molecule is CC1(NC(=O)c2nnc3n2CCOC3)CCCc2ccccc21. The van der Waals surface area contributed by atoms with E-state index in [0.717, 1.165) is 25.1 Å². The van der Waals surface area contributed by atoms with Crippen LogP contribution in [0.15, 0.2) is 24.3 Å². The zero-order valence-electron chi connectivity index (χ0n) is 13.2. The van der Waals surface area contributed by atoms with Gasteiger partial charge in [0.25, 0.3) is 5.91 Å². The Kier molecular flexibility index (Phi) is 3.41. The van der Waals surface area contributed by atoms with Crippen molar-refractivity contribution >= 4 is 5.91 Å². The molecule has 120 valence electrons. The van der Waals surface area contributed by atoms with Crippen LogP contribution in [0.3, 0.4) is 0 Å². The highest BCUT2D eigenvalue weighted by molar-refractivity contribution is 5.91. The summed E-state index contributed by atoms with van der Waals surface area (Å²) in [5.74, 6) is 0.938. The van der Waals surface area contributed by atoms with E-state index in [0.29, 0.717) is 25.6 Å². The first-order valence-corrected chi connectivity index (χ1v) is 8.08. The van der Waals surface area contributed by atoms with Crippen molar-refractivity contribution in [3.8, 4) is 0 Å². The quantitative estimate of drug-likeness (QED) is 0.918. The van der Waals surface area contributed by atoms with Crippen LogP contribution in [0.2, 0.25) is 0 Å². The zero-order valence-corrected chi connectivity index (χ0v) is 13.2. The molecule has 4 rings (SSSR count). The van der Waals surface area contributed by atoms with Crippen LogP contribution in [0.5, 0.6) is 0 Å². The lowest BCUT2D eigenvalue weighted by Crippen LogP contribution is -2.46. The van der Waals surface area contributed by atoms with Crippen molar-refractivity contribution in [3.63, 3.8) is 0 Å². The summed E-state index contributed by atoms with van der Waals surface area (Å²) >= 11 is 0. The van der Waals surface area contributed by atoms with Gasteiger partial charge in [0.15, 0.2) is 5.82 Å². The number of benzene rings is 1. The number of hydrogen-bond donors (Lipinski definition) is 1. The maximum atomic E-state index is 12.8. The second-order valence-electron chi connectivity index (χ2n) is 6.44. The standard InChI is InChI=1S/C17H20N4O2/c1-17(8-4-6-12-5-2-3-7-13(12)17)18-16(22)15-20-19-14-11-23-10-9-21(14)15/h2-3,5,7H,4,6,8-11H2,1H3,(H,18,22). The number of aryl methyl sites for hydroxylation is 1. The van der Waals surface area contributed by atoms with Gasteiger partial charge in [-0.1, -0.05) is 24.3 Å². The number of hydrogen-bond acceptors (Lipinski definition) is 4. The molecule has 1 N–H and O–H groups in total. The van der Waals surface area contributed by atoms with E-state index in [-0.39, 0.29) is 11.4 Å². The smallest absolute Gasteiger partial charge is 0.289 e. The van der Waals surface area contributed by atoms with Gasteiger partial charge in [-0.3, -0.25) is 4.79 Å². The van der Waals surface area contributed by atoms with Gasteiger partial charge in [0, 0.05) is 6.54 Å². The van der Waals surface area contributed by atoms with E-state index in [1.807, 2.05) is 10.6 Å². The van der Waals surface area contributed by atoms with Crippen molar-refractivity contribution in [1.29, 1.82) is 0 Å². The number of carbonyl (C=O) groups is 1. The van der Waals surface area contributed by atoms with Gasteiger partial charge in [-0.15, -0.1) is 10.2 Å². The molecule has 0 saturated carbocycles.